The topological polar surface area (TPSA) is 15.6 Å². The van der Waals surface area contributed by atoms with E-state index in [-0.39, 0.29) is 12.4 Å². The van der Waals surface area contributed by atoms with Crippen LogP contribution in [0.1, 0.15) is 6.92 Å². The number of hydrogen-bond acceptors (Lipinski definition) is 3. The molecule has 0 aromatic rings. The van der Waals surface area contributed by atoms with Crippen LogP contribution in [0.25, 0.3) is 0 Å². The van der Waals surface area contributed by atoms with E-state index in [4.69, 9.17) is 0 Å². The van der Waals surface area contributed by atoms with Gasteiger partial charge in [-0.25, -0.2) is 0 Å². The lowest BCUT2D eigenvalue weighted by Gasteiger charge is -2.11. The Morgan fingerprint density at radius 2 is 2.50 bits per heavy atom. The van der Waals surface area contributed by atoms with E-state index >= 15 is 0 Å². The molecule has 0 bridgehead atoms. The summed E-state index contributed by atoms with van der Waals surface area (Å²) in [5.74, 6) is 0. The van der Waals surface area contributed by atoms with Gasteiger partial charge in [-0.1, -0.05) is 11.8 Å². The Balaban J connectivity index is 0.000000500. The Morgan fingerprint density at radius 1 is 1.70 bits per heavy atom. The lowest BCUT2D eigenvalue weighted by molar-refractivity contribution is 0.576. The summed E-state index contributed by atoms with van der Waals surface area (Å²) in [6.07, 6.45) is 0. The molecule has 0 radical (unpaired) electrons. The second kappa shape index (κ2) is 2.84. The molecule has 2 rings (SSSR count). The number of hydrogen-bond donors (Lipinski definition) is 0. The third kappa shape index (κ3) is 1.04. The number of allylic oxidation sites excluding steroid dienone is 1. The van der Waals surface area contributed by atoms with Gasteiger partial charge in [-0.15, -0.1) is 12.4 Å². The summed E-state index contributed by atoms with van der Waals surface area (Å²) in [7, 11) is 0. The zero-order valence-electron chi connectivity index (χ0n) is 5.70. The molecule has 2 nitrogen and oxygen atoms in total. The summed E-state index contributed by atoms with van der Waals surface area (Å²) in [4.78, 5) is 6.56. The second-order valence-electron chi connectivity index (χ2n) is 2.19. The maximum absolute atomic E-state index is 4.30. The first-order chi connectivity index (χ1) is 4.38. The molecule has 0 aromatic heterocycles. The van der Waals surface area contributed by atoms with Crippen molar-refractivity contribution in [2.24, 2.45) is 4.99 Å². The van der Waals surface area contributed by atoms with Crippen LogP contribution in [0.4, 0.5) is 0 Å². The van der Waals surface area contributed by atoms with E-state index in [9.17, 15) is 0 Å². The molecule has 56 valence electrons. The third-order valence-electron chi connectivity index (χ3n) is 1.56. The molecule has 0 saturated carbocycles. The zero-order valence-corrected chi connectivity index (χ0v) is 7.34. The van der Waals surface area contributed by atoms with Gasteiger partial charge in [-0.2, -0.15) is 0 Å². The van der Waals surface area contributed by atoms with Gasteiger partial charge in [-0.05, 0) is 12.3 Å². The Hall–Kier alpha value is -0.150. The lowest BCUT2D eigenvalue weighted by Crippen LogP contribution is -2.18. The predicted octanol–water partition coefficient (Wildman–Crippen LogP) is 1.69. The smallest absolute Gasteiger partial charge is 0.167 e. The molecule has 2 heterocycles. The molecular formula is C6H9ClN2S. The first kappa shape index (κ1) is 7.95. The summed E-state index contributed by atoms with van der Waals surface area (Å²) in [6, 6.07) is 0. The highest BCUT2D eigenvalue weighted by atomic mass is 35.5. The number of aliphatic imine (C=N–C) groups is 1. The number of rotatable bonds is 0. The zero-order chi connectivity index (χ0) is 6.27. The van der Waals surface area contributed by atoms with Gasteiger partial charge in [0.05, 0.1) is 6.54 Å². The van der Waals surface area contributed by atoms with Crippen LogP contribution in [0.3, 0.4) is 0 Å². The average Bonchev–Trinajstić information content (AvgIpc) is 2.35. The molecule has 4 heteroatoms. The van der Waals surface area contributed by atoms with Gasteiger partial charge in [0.15, 0.2) is 5.17 Å². The molecular weight excluding hydrogens is 168 g/mol. The van der Waals surface area contributed by atoms with Gasteiger partial charge in [0, 0.05) is 12.2 Å². The van der Waals surface area contributed by atoms with Crippen molar-refractivity contribution in [3.8, 4) is 0 Å². The number of nitrogens with zero attached hydrogens (tertiary/aromatic N) is 2. The van der Waals surface area contributed by atoms with E-state index in [2.05, 4.69) is 22.2 Å². The molecule has 0 aliphatic carbocycles. The van der Waals surface area contributed by atoms with E-state index in [0.29, 0.717) is 0 Å². The van der Waals surface area contributed by atoms with E-state index in [1.54, 1.807) is 11.8 Å². The second-order valence-corrected chi connectivity index (χ2v) is 3.03. The van der Waals surface area contributed by atoms with Crippen molar-refractivity contribution >= 4 is 29.3 Å². The molecule has 0 saturated heterocycles. The molecule has 2 aliphatic rings. The Bertz CT molecular complexity index is 200. The summed E-state index contributed by atoms with van der Waals surface area (Å²) in [5, 5.41) is 3.34. The monoisotopic (exact) mass is 176 g/mol. The molecule has 2 aliphatic heterocycles. The van der Waals surface area contributed by atoms with Crippen molar-refractivity contribution in [2.75, 3.05) is 13.1 Å². The molecule has 0 amide bonds. The van der Waals surface area contributed by atoms with Crippen LogP contribution in [-0.2, 0) is 0 Å². The van der Waals surface area contributed by atoms with Crippen LogP contribution >= 0.6 is 24.2 Å². The van der Waals surface area contributed by atoms with E-state index in [0.717, 1.165) is 13.1 Å². The third-order valence-corrected chi connectivity index (χ3v) is 2.58. The van der Waals surface area contributed by atoms with Gasteiger partial charge in [-0.3, -0.25) is 4.99 Å². The fourth-order valence-corrected chi connectivity index (χ4v) is 1.99. The van der Waals surface area contributed by atoms with Crippen LogP contribution in [0, 0.1) is 0 Å². The van der Waals surface area contributed by atoms with Crippen LogP contribution in [0.5, 0.6) is 0 Å². The summed E-state index contributed by atoms with van der Waals surface area (Å²) < 4.78 is 0. The van der Waals surface area contributed by atoms with Crippen molar-refractivity contribution in [2.45, 2.75) is 6.92 Å². The highest BCUT2D eigenvalue weighted by Gasteiger charge is 2.22. The van der Waals surface area contributed by atoms with Gasteiger partial charge >= 0.3 is 0 Å². The highest BCUT2D eigenvalue weighted by molar-refractivity contribution is 8.16. The standard InChI is InChI=1S/C6H8N2S.ClH/c1-5-4-9-6-7-2-3-8(5)6;/h4H,2-3H2,1H3;1H. The largest absolute Gasteiger partial charge is 0.323 e. The van der Waals surface area contributed by atoms with Crippen LogP contribution in [0.2, 0.25) is 0 Å². The number of thioether (sulfide) groups is 1. The number of amidine groups is 1. The summed E-state index contributed by atoms with van der Waals surface area (Å²) in [6.45, 7) is 4.19. The fourth-order valence-electron chi connectivity index (χ4n) is 1.06. The van der Waals surface area contributed by atoms with Crippen molar-refractivity contribution < 1.29 is 0 Å². The number of fused-ring (bicyclic) bond motifs is 1. The molecule has 0 spiro atoms. The molecule has 0 N–H and O–H groups in total. The summed E-state index contributed by atoms with van der Waals surface area (Å²) in [5.41, 5.74) is 1.34. The molecule has 0 unspecified atom stereocenters. The van der Waals surface area contributed by atoms with E-state index < -0.39 is 0 Å². The van der Waals surface area contributed by atoms with Crippen LogP contribution < -0.4 is 0 Å². The van der Waals surface area contributed by atoms with Crippen LogP contribution in [0.15, 0.2) is 16.1 Å². The molecule has 0 aromatic carbocycles. The Labute approximate surface area is 70.8 Å². The lowest BCUT2D eigenvalue weighted by atomic mass is 10.5. The van der Waals surface area contributed by atoms with Crippen molar-refractivity contribution in [1.29, 1.82) is 0 Å². The normalized spacial score (nSPS) is 21.5. The average molecular weight is 177 g/mol. The minimum atomic E-state index is 0. The SMILES string of the molecule is CC1=CSC2=NCCN12.Cl. The van der Waals surface area contributed by atoms with Crippen molar-refractivity contribution in [3.05, 3.63) is 11.1 Å². The number of halogens is 1. The molecule has 0 fully saturated rings. The van der Waals surface area contributed by atoms with E-state index in [1.807, 2.05) is 0 Å². The minimum absolute atomic E-state index is 0. The fraction of sp³-hybridized carbons (Fsp3) is 0.500. The minimum Gasteiger partial charge on any atom is -0.323 e. The van der Waals surface area contributed by atoms with Crippen LogP contribution in [-0.4, -0.2) is 23.2 Å². The Kier molecular flexibility index (Phi) is 2.26. The highest BCUT2D eigenvalue weighted by Crippen LogP contribution is 2.27. The van der Waals surface area contributed by atoms with Crippen molar-refractivity contribution in [3.63, 3.8) is 0 Å². The van der Waals surface area contributed by atoms with E-state index in [1.165, 1.54) is 10.9 Å². The van der Waals surface area contributed by atoms with Gasteiger partial charge < -0.3 is 4.90 Å². The summed E-state index contributed by atoms with van der Waals surface area (Å²) >= 11 is 1.73. The Morgan fingerprint density at radius 3 is 3.20 bits per heavy atom. The molecule has 10 heavy (non-hydrogen) atoms. The van der Waals surface area contributed by atoms with Gasteiger partial charge in [0.25, 0.3) is 0 Å². The molecule has 0 atom stereocenters. The maximum atomic E-state index is 4.30. The maximum Gasteiger partial charge on any atom is 0.167 e. The van der Waals surface area contributed by atoms with Crippen molar-refractivity contribution in [1.82, 2.24) is 4.90 Å². The first-order valence-electron chi connectivity index (χ1n) is 3.03. The predicted molar refractivity (Wildman–Crippen MR) is 47.6 cm³/mol. The van der Waals surface area contributed by atoms with Gasteiger partial charge in [0.2, 0.25) is 0 Å². The first-order valence-corrected chi connectivity index (χ1v) is 3.91. The van der Waals surface area contributed by atoms with Gasteiger partial charge in [0.1, 0.15) is 0 Å². The quantitative estimate of drug-likeness (QED) is 0.558.